The quantitative estimate of drug-likeness (QED) is 0.476. The smallest absolute Gasteiger partial charge is 0.338 e. The minimum absolute atomic E-state index is 0.116. The van der Waals surface area contributed by atoms with E-state index in [9.17, 15) is 9.59 Å². The first-order chi connectivity index (χ1) is 13.0. The van der Waals surface area contributed by atoms with Gasteiger partial charge in [-0.2, -0.15) is 0 Å². The number of ether oxygens (including phenoxy) is 1. The molecule has 3 aromatic rings. The van der Waals surface area contributed by atoms with Crippen LogP contribution >= 0.6 is 35.0 Å². The topological polar surface area (TPSA) is 85.6 Å². The first-order valence-corrected chi connectivity index (χ1v) is 9.61. The molecule has 2 heterocycles. The molecule has 0 aliphatic rings. The Morgan fingerprint density at radius 2 is 1.96 bits per heavy atom. The highest BCUT2D eigenvalue weighted by atomic mass is 35.5. The number of hydrogen-bond donors (Lipinski definition) is 1. The molecule has 10 heteroatoms. The molecule has 1 aromatic carbocycles. The standard InChI is InChI=1S/C17H14Cl2N4O3S/c1-2-26-16(25)10-3-5-12(6-4-10)20-14(24)9-27-17-22-21-15-13(19)7-11(18)8-23(15)17/h3-8H,2,9H2,1H3,(H,20,24). The molecule has 0 unspecified atom stereocenters. The maximum absolute atomic E-state index is 12.2. The van der Waals surface area contributed by atoms with E-state index < -0.39 is 5.97 Å². The van der Waals surface area contributed by atoms with Crippen LogP contribution in [-0.4, -0.2) is 38.8 Å². The summed E-state index contributed by atoms with van der Waals surface area (Å²) in [6.45, 7) is 2.05. The van der Waals surface area contributed by atoms with Crippen LogP contribution in [0.2, 0.25) is 10.0 Å². The van der Waals surface area contributed by atoms with E-state index in [0.29, 0.717) is 38.7 Å². The summed E-state index contributed by atoms with van der Waals surface area (Å²) in [5.41, 5.74) is 1.47. The first-order valence-electron chi connectivity index (χ1n) is 7.87. The Bertz CT molecular complexity index is 992. The number of fused-ring (bicyclic) bond motifs is 1. The summed E-state index contributed by atoms with van der Waals surface area (Å²) in [7, 11) is 0. The number of hydrogen-bond acceptors (Lipinski definition) is 6. The van der Waals surface area contributed by atoms with Gasteiger partial charge in [0, 0.05) is 11.9 Å². The fourth-order valence-electron chi connectivity index (χ4n) is 2.23. The molecular weight excluding hydrogens is 411 g/mol. The number of benzene rings is 1. The van der Waals surface area contributed by atoms with Gasteiger partial charge in [0.2, 0.25) is 5.91 Å². The minimum atomic E-state index is -0.401. The van der Waals surface area contributed by atoms with Crippen molar-refractivity contribution in [1.29, 1.82) is 0 Å². The largest absolute Gasteiger partial charge is 0.462 e. The van der Waals surface area contributed by atoms with Crippen LogP contribution < -0.4 is 5.32 Å². The molecule has 0 aliphatic carbocycles. The van der Waals surface area contributed by atoms with Crippen molar-refractivity contribution in [3.63, 3.8) is 0 Å². The Balaban J connectivity index is 1.61. The van der Waals surface area contributed by atoms with Crippen LogP contribution in [-0.2, 0) is 9.53 Å². The van der Waals surface area contributed by atoms with E-state index in [1.165, 1.54) is 11.8 Å². The lowest BCUT2D eigenvalue weighted by Crippen LogP contribution is -2.14. The number of anilines is 1. The number of rotatable bonds is 6. The van der Waals surface area contributed by atoms with Crippen LogP contribution in [0.1, 0.15) is 17.3 Å². The van der Waals surface area contributed by atoms with Crippen molar-refractivity contribution in [2.45, 2.75) is 12.1 Å². The molecule has 0 bridgehead atoms. The van der Waals surface area contributed by atoms with Gasteiger partial charge in [0.15, 0.2) is 10.8 Å². The third-order valence-corrected chi connectivity index (χ3v) is 4.84. The molecule has 7 nitrogen and oxygen atoms in total. The fraction of sp³-hybridized carbons (Fsp3) is 0.176. The maximum atomic E-state index is 12.2. The average Bonchev–Trinajstić information content (AvgIpc) is 3.04. The summed E-state index contributed by atoms with van der Waals surface area (Å²) in [5, 5.41) is 12.1. The van der Waals surface area contributed by atoms with Crippen LogP contribution in [0.5, 0.6) is 0 Å². The number of thioether (sulfide) groups is 1. The number of nitrogens with zero attached hydrogens (tertiary/aromatic N) is 3. The lowest BCUT2D eigenvalue weighted by molar-refractivity contribution is -0.113. The molecule has 0 saturated carbocycles. The van der Waals surface area contributed by atoms with E-state index in [1.807, 2.05) is 0 Å². The summed E-state index contributed by atoms with van der Waals surface area (Å²) in [6, 6.07) is 8.05. The normalized spacial score (nSPS) is 10.8. The molecule has 0 spiro atoms. The number of carbonyl (C=O) groups is 2. The van der Waals surface area contributed by atoms with E-state index in [2.05, 4.69) is 15.5 Å². The van der Waals surface area contributed by atoms with Crippen molar-refractivity contribution < 1.29 is 14.3 Å². The zero-order chi connectivity index (χ0) is 19.4. The second kappa shape index (κ2) is 8.60. The van der Waals surface area contributed by atoms with Gasteiger partial charge in [0.1, 0.15) is 0 Å². The highest BCUT2D eigenvalue weighted by Crippen LogP contribution is 2.25. The lowest BCUT2D eigenvalue weighted by Gasteiger charge is -2.06. The number of amides is 1. The maximum Gasteiger partial charge on any atom is 0.338 e. The number of pyridine rings is 1. The molecule has 1 amide bonds. The van der Waals surface area contributed by atoms with Gasteiger partial charge in [-0.25, -0.2) is 4.79 Å². The van der Waals surface area contributed by atoms with Gasteiger partial charge < -0.3 is 10.1 Å². The van der Waals surface area contributed by atoms with Crippen LogP contribution in [0, 0.1) is 0 Å². The highest BCUT2D eigenvalue weighted by Gasteiger charge is 2.13. The van der Waals surface area contributed by atoms with E-state index in [-0.39, 0.29) is 11.7 Å². The predicted molar refractivity (Wildman–Crippen MR) is 105 cm³/mol. The minimum Gasteiger partial charge on any atom is -0.462 e. The molecule has 0 radical (unpaired) electrons. The van der Waals surface area contributed by atoms with E-state index in [0.717, 1.165) is 0 Å². The van der Waals surface area contributed by atoms with Crippen LogP contribution in [0.25, 0.3) is 5.65 Å². The Hall–Kier alpha value is -2.29. The molecule has 0 fully saturated rings. The number of aromatic nitrogens is 3. The van der Waals surface area contributed by atoms with Gasteiger partial charge >= 0.3 is 5.97 Å². The lowest BCUT2D eigenvalue weighted by atomic mass is 10.2. The molecule has 3 rings (SSSR count). The Kier molecular flexibility index (Phi) is 6.20. The molecule has 2 aromatic heterocycles. The van der Waals surface area contributed by atoms with E-state index >= 15 is 0 Å². The van der Waals surface area contributed by atoms with Crippen molar-refractivity contribution in [2.75, 3.05) is 17.7 Å². The van der Waals surface area contributed by atoms with Crippen molar-refractivity contribution >= 4 is 58.2 Å². The second-order valence-electron chi connectivity index (χ2n) is 5.32. The molecular formula is C17H14Cl2N4O3S. The highest BCUT2D eigenvalue weighted by molar-refractivity contribution is 7.99. The molecule has 1 N–H and O–H groups in total. The summed E-state index contributed by atoms with van der Waals surface area (Å²) in [5.74, 6) is -0.513. The molecule has 0 aliphatic heterocycles. The van der Waals surface area contributed by atoms with Gasteiger partial charge in [-0.1, -0.05) is 35.0 Å². The molecule has 140 valence electrons. The van der Waals surface area contributed by atoms with Crippen molar-refractivity contribution in [3.05, 3.63) is 52.1 Å². The average molecular weight is 425 g/mol. The third-order valence-electron chi connectivity index (χ3n) is 3.41. The van der Waals surface area contributed by atoms with Gasteiger partial charge in [-0.15, -0.1) is 10.2 Å². The van der Waals surface area contributed by atoms with Crippen molar-refractivity contribution in [2.24, 2.45) is 0 Å². The van der Waals surface area contributed by atoms with Crippen LogP contribution in [0.3, 0.4) is 0 Å². The third kappa shape index (κ3) is 4.71. The Morgan fingerprint density at radius 1 is 1.22 bits per heavy atom. The van der Waals surface area contributed by atoms with Gasteiger partial charge in [0.25, 0.3) is 0 Å². The number of carbonyl (C=O) groups excluding carboxylic acids is 2. The van der Waals surface area contributed by atoms with E-state index in [1.54, 1.807) is 47.9 Å². The SMILES string of the molecule is CCOC(=O)c1ccc(NC(=O)CSc2nnc3c(Cl)cc(Cl)cn23)cc1. The van der Waals surface area contributed by atoms with Crippen molar-refractivity contribution in [1.82, 2.24) is 14.6 Å². The van der Waals surface area contributed by atoms with Crippen LogP contribution in [0.15, 0.2) is 41.7 Å². The number of esters is 1. The van der Waals surface area contributed by atoms with E-state index in [4.69, 9.17) is 27.9 Å². The van der Waals surface area contributed by atoms with Crippen molar-refractivity contribution in [3.8, 4) is 0 Å². The monoisotopic (exact) mass is 424 g/mol. The Morgan fingerprint density at radius 3 is 2.67 bits per heavy atom. The number of halogens is 2. The van der Waals surface area contributed by atoms with Gasteiger partial charge in [-0.3, -0.25) is 9.20 Å². The predicted octanol–water partition coefficient (Wildman–Crippen LogP) is 3.94. The molecule has 27 heavy (non-hydrogen) atoms. The summed E-state index contributed by atoms with van der Waals surface area (Å²) in [4.78, 5) is 23.8. The zero-order valence-corrected chi connectivity index (χ0v) is 16.4. The summed E-state index contributed by atoms with van der Waals surface area (Å²) in [6.07, 6.45) is 1.64. The van der Waals surface area contributed by atoms with Gasteiger partial charge in [0.05, 0.1) is 28.0 Å². The second-order valence-corrected chi connectivity index (χ2v) is 7.10. The summed E-state index contributed by atoms with van der Waals surface area (Å²) < 4.78 is 6.55. The summed E-state index contributed by atoms with van der Waals surface area (Å²) >= 11 is 13.3. The fourth-order valence-corrected chi connectivity index (χ4v) is 3.45. The number of nitrogens with one attached hydrogen (secondary N) is 1. The van der Waals surface area contributed by atoms with Crippen LogP contribution in [0.4, 0.5) is 5.69 Å². The molecule has 0 saturated heterocycles. The first kappa shape index (κ1) is 19.5. The molecule has 0 atom stereocenters. The Labute approximate surface area is 169 Å². The van der Waals surface area contributed by atoms with Gasteiger partial charge in [-0.05, 0) is 37.3 Å². The zero-order valence-electron chi connectivity index (χ0n) is 14.1.